The van der Waals surface area contributed by atoms with Crippen molar-refractivity contribution in [2.24, 2.45) is 0 Å². The average molecular weight is 233 g/mol. The highest BCUT2D eigenvalue weighted by atomic mass is 32.2. The third-order valence-corrected chi connectivity index (χ3v) is 2.91. The minimum Gasteiger partial charge on any atom is -0.389 e. The Bertz CT molecular complexity index is 462. The second-order valence-electron chi connectivity index (χ2n) is 3.21. The second kappa shape index (κ2) is 5.05. The maximum Gasteiger partial charge on any atom is 0.193 e. The van der Waals surface area contributed by atoms with Crippen molar-refractivity contribution in [3.63, 3.8) is 0 Å². The highest BCUT2D eigenvalue weighted by Gasteiger charge is 2.10. The van der Waals surface area contributed by atoms with E-state index in [-0.39, 0.29) is 0 Å². The SMILES string of the molecule is C[C@@H](O)c1cccnc1Sc1ncccn1. The van der Waals surface area contributed by atoms with Gasteiger partial charge in [0.25, 0.3) is 0 Å². The maximum atomic E-state index is 9.59. The van der Waals surface area contributed by atoms with Gasteiger partial charge < -0.3 is 5.11 Å². The third kappa shape index (κ3) is 2.56. The predicted octanol–water partition coefficient (Wildman–Crippen LogP) is 2.08. The fourth-order valence-electron chi connectivity index (χ4n) is 1.23. The minimum atomic E-state index is -0.542. The summed E-state index contributed by atoms with van der Waals surface area (Å²) in [4.78, 5) is 12.4. The summed E-state index contributed by atoms with van der Waals surface area (Å²) in [6.07, 6.45) is 4.51. The Hall–Kier alpha value is -1.46. The van der Waals surface area contributed by atoms with Gasteiger partial charge in [0.2, 0.25) is 0 Å². The van der Waals surface area contributed by atoms with E-state index in [1.807, 2.05) is 6.07 Å². The van der Waals surface area contributed by atoms with Gasteiger partial charge in [0.15, 0.2) is 5.16 Å². The Morgan fingerprint density at radius 3 is 2.50 bits per heavy atom. The fourth-order valence-corrected chi connectivity index (χ4v) is 2.10. The van der Waals surface area contributed by atoms with Gasteiger partial charge in [0.1, 0.15) is 5.03 Å². The zero-order valence-electron chi connectivity index (χ0n) is 8.74. The molecule has 0 aromatic carbocycles. The molecule has 0 aliphatic rings. The molecule has 0 fully saturated rings. The van der Waals surface area contributed by atoms with Crippen molar-refractivity contribution >= 4 is 11.8 Å². The Balaban J connectivity index is 2.28. The molecule has 2 aromatic rings. The molecule has 4 nitrogen and oxygen atoms in total. The summed E-state index contributed by atoms with van der Waals surface area (Å²) in [5.41, 5.74) is 0.792. The summed E-state index contributed by atoms with van der Waals surface area (Å²) in [6, 6.07) is 5.42. The van der Waals surface area contributed by atoms with Gasteiger partial charge >= 0.3 is 0 Å². The maximum absolute atomic E-state index is 9.59. The first-order chi connectivity index (χ1) is 7.77. The van der Waals surface area contributed by atoms with Crippen molar-refractivity contribution in [1.82, 2.24) is 15.0 Å². The molecule has 0 bridgehead atoms. The number of hydrogen-bond donors (Lipinski definition) is 1. The first-order valence-electron chi connectivity index (χ1n) is 4.85. The number of aliphatic hydroxyl groups is 1. The number of aliphatic hydroxyl groups excluding tert-OH is 1. The number of aromatic nitrogens is 3. The summed E-state index contributed by atoms with van der Waals surface area (Å²) in [6.45, 7) is 1.72. The van der Waals surface area contributed by atoms with E-state index in [4.69, 9.17) is 0 Å². The van der Waals surface area contributed by atoms with Crippen LogP contribution in [0, 0.1) is 0 Å². The number of rotatable bonds is 3. The van der Waals surface area contributed by atoms with Crippen molar-refractivity contribution in [2.75, 3.05) is 0 Å². The van der Waals surface area contributed by atoms with Gasteiger partial charge in [-0.1, -0.05) is 6.07 Å². The number of pyridine rings is 1. The van der Waals surface area contributed by atoms with Crippen LogP contribution in [0.5, 0.6) is 0 Å². The molecule has 0 radical (unpaired) electrons. The van der Waals surface area contributed by atoms with E-state index in [1.54, 1.807) is 37.6 Å². The smallest absolute Gasteiger partial charge is 0.193 e. The molecular weight excluding hydrogens is 222 g/mol. The van der Waals surface area contributed by atoms with Gasteiger partial charge in [-0.05, 0) is 30.8 Å². The van der Waals surface area contributed by atoms with Crippen LogP contribution in [-0.4, -0.2) is 20.1 Å². The molecule has 0 saturated carbocycles. The van der Waals surface area contributed by atoms with E-state index in [2.05, 4.69) is 15.0 Å². The van der Waals surface area contributed by atoms with E-state index in [0.29, 0.717) is 5.16 Å². The molecule has 1 atom stereocenters. The van der Waals surface area contributed by atoms with Gasteiger partial charge in [-0.3, -0.25) is 0 Å². The molecule has 2 aromatic heterocycles. The van der Waals surface area contributed by atoms with E-state index in [0.717, 1.165) is 10.6 Å². The molecule has 0 aliphatic heterocycles. The molecule has 0 amide bonds. The van der Waals surface area contributed by atoms with Gasteiger partial charge in [0, 0.05) is 24.2 Å². The van der Waals surface area contributed by atoms with Crippen LogP contribution in [0.15, 0.2) is 47.0 Å². The topological polar surface area (TPSA) is 58.9 Å². The van der Waals surface area contributed by atoms with Crippen LogP contribution in [0.1, 0.15) is 18.6 Å². The molecule has 82 valence electrons. The van der Waals surface area contributed by atoms with E-state index in [1.165, 1.54) is 11.8 Å². The summed E-state index contributed by atoms with van der Waals surface area (Å²) < 4.78 is 0. The zero-order valence-corrected chi connectivity index (χ0v) is 9.56. The number of nitrogens with zero attached hydrogens (tertiary/aromatic N) is 3. The van der Waals surface area contributed by atoms with E-state index in [9.17, 15) is 5.11 Å². The van der Waals surface area contributed by atoms with Crippen LogP contribution >= 0.6 is 11.8 Å². The Kier molecular flexibility index (Phi) is 3.48. The normalized spacial score (nSPS) is 12.4. The lowest BCUT2D eigenvalue weighted by atomic mass is 10.2. The molecule has 16 heavy (non-hydrogen) atoms. The van der Waals surface area contributed by atoms with Gasteiger partial charge in [-0.25, -0.2) is 15.0 Å². The molecule has 0 saturated heterocycles. The third-order valence-electron chi connectivity index (χ3n) is 1.98. The Morgan fingerprint density at radius 2 is 1.81 bits per heavy atom. The van der Waals surface area contributed by atoms with E-state index >= 15 is 0 Å². The lowest BCUT2D eigenvalue weighted by molar-refractivity contribution is 0.195. The fraction of sp³-hybridized carbons (Fsp3) is 0.182. The van der Waals surface area contributed by atoms with Gasteiger partial charge in [-0.15, -0.1) is 0 Å². The molecular formula is C11H11N3OS. The van der Waals surface area contributed by atoms with Crippen molar-refractivity contribution in [3.8, 4) is 0 Å². The molecule has 2 heterocycles. The van der Waals surface area contributed by atoms with Gasteiger partial charge in [-0.2, -0.15) is 0 Å². The van der Waals surface area contributed by atoms with Gasteiger partial charge in [0.05, 0.1) is 6.10 Å². The highest BCUT2D eigenvalue weighted by Crippen LogP contribution is 2.28. The zero-order chi connectivity index (χ0) is 11.4. The first-order valence-corrected chi connectivity index (χ1v) is 5.67. The van der Waals surface area contributed by atoms with Crippen LogP contribution in [0.3, 0.4) is 0 Å². The molecule has 0 unspecified atom stereocenters. The van der Waals surface area contributed by atoms with Crippen LogP contribution in [-0.2, 0) is 0 Å². The molecule has 2 rings (SSSR count). The quantitative estimate of drug-likeness (QED) is 0.822. The Morgan fingerprint density at radius 1 is 1.12 bits per heavy atom. The van der Waals surface area contributed by atoms with Crippen molar-refractivity contribution in [1.29, 1.82) is 0 Å². The largest absolute Gasteiger partial charge is 0.389 e. The van der Waals surface area contributed by atoms with Crippen LogP contribution in [0.25, 0.3) is 0 Å². The molecule has 0 aliphatic carbocycles. The number of hydrogen-bond acceptors (Lipinski definition) is 5. The van der Waals surface area contributed by atoms with Crippen molar-refractivity contribution < 1.29 is 5.11 Å². The lowest BCUT2D eigenvalue weighted by Gasteiger charge is -2.08. The van der Waals surface area contributed by atoms with Crippen LogP contribution < -0.4 is 0 Å². The Labute approximate surface area is 97.8 Å². The minimum absolute atomic E-state index is 0.542. The summed E-state index contributed by atoms with van der Waals surface area (Å²) in [7, 11) is 0. The average Bonchev–Trinajstić information content (AvgIpc) is 2.31. The molecule has 1 N–H and O–H groups in total. The van der Waals surface area contributed by atoms with Crippen molar-refractivity contribution in [2.45, 2.75) is 23.2 Å². The van der Waals surface area contributed by atoms with Crippen molar-refractivity contribution in [3.05, 3.63) is 42.4 Å². The van der Waals surface area contributed by atoms with Crippen LogP contribution in [0.4, 0.5) is 0 Å². The molecule has 5 heteroatoms. The lowest BCUT2D eigenvalue weighted by Crippen LogP contribution is -1.96. The summed E-state index contributed by atoms with van der Waals surface area (Å²) >= 11 is 1.35. The monoisotopic (exact) mass is 233 g/mol. The summed E-state index contributed by atoms with van der Waals surface area (Å²) in [5, 5.41) is 11.0. The predicted molar refractivity (Wildman–Crippen MR) is 61.0 cm³/mol. The second-order valence-corrected chi connectivity index (χ2v) is 4.16. The first kappa shape index (κ1) is 11.0. The molecule has 0 spiro atoms. The van der Waals surface area contributed by atoms with Crippen LogP contribution in [0.2, 0.25) is 0 Å². The standard InChI is InChI=1S/C11H11N3OS/c1-8(15)9-4-2-5-12-10(9)16-11-13-6-3-7-14-11/h2-8,15H,1H3/t8-/m1/s1. The summed E-state index contributed by atoms with van der Waals surface area (Å²) in [5.74, 6) is 0. The highest BCUT2D eigenvalue weighted by molar-refractivity contribution is 7.99. The van der Waals surface area contributed by atoms with E-state index < -0.39 is 6.10 Å².